The van der Waals surface area contributed by atoms with Gasteiger partial charge in [-0.25, -0.2) is 12.8 Å². The lowest BCUT2D eigenvalue weighted by molar-refractivity contribution is 0.576. The van der Waals surface area contributed by atoms with E-state index in [9.17, 15) is 12.8 Å². The Labute approximate surface area is 88.4 Å². The van der Waals surface area contributed by atoms with Gasteiger partial charge >= 0.3 is 0 Å². The second-order valence-corrected chi connectivity index (χ2v) is 5.86. The van der Waals surface area contributed by atoms with Gasteiger partial charge in [0.05, 0.1) is 16.3 Å². The van der Waals surface area contributed by atoms with Gasteiger partial charge in [0, 0.05) is 13.1 Å². The zero-order valence-electron chi connectivity index (χ0n) is 8.57. The van der Waals surface area contributed by atoms with E-state index in [-0.39, 0.29) is 16.7 Å². The Morgan fingerprint density at radius 2 is 2.13 bits per heavy atom. The highest BCUT2D eigenvalue weighted by Gasteiger charge is 2.31. The summed E-state index contributed by atoms with van der Waals surface area (Å²) in [5.74, 6) is -0.327. The van der Waals surface area contributed by atoms with E-state index in [0.717, 1.165) is 0 Å². The molecule has 1 aliphatic rings. The first kappa shape index (κ1) is 10.4. The molecule has 2 rings (SSSR count). The molecule has 5 heteroatoms. The normalized spacial score (nSPS) is 23.7. The average Bonchev–Trinajstić information content (AvgIpc) is 2.13. The van der Waals surface area contributed by atoms with Crippen LogP contribution in [0.1, 0.15) is 6.92 Å². The molecule has 1 unspecified atom stereocenters. The molecule has 0 spiro atoms. The topological polar surface area (TPSA) is 37.4 Å². The van der Waals surface area contributed by atoms with Crippen LogP contribution in [-0.4, -0.2) is 27.3 Å². The molecule has 1 atom stereocenters. The van der Waals surface area contributed by atoms with Gasteiger partial charge < -0.3 is 4.90 Å². The minimum absolute atomic E-state index is 0.0854. The van der Waals surface area contributed by atoms with Crippen molar-refractivity contribution in [2.24, 2.45) is 0 Å². The fourth-order valence-electron chi connectivity index (χ4n) is 1.79. The van der Waals surface area contributed by atoms with Gasteiger partial charge in [-0.15, -0.1) is 0 Å². The molecule has 0 amide bonds. The van der Waals surface area contributed by atoms with E-state index in [2.05, 4.69) is 0 Å². The van der Waals surface area contributed by atoms with Crippen molar-refractivity contribution in [2.75, 3.05) is 17.7 Å². The van der Waals surface area contributed by atoms with Crippen LogP contribution in [0.5, 0.6) is 0 Å². The lowest BCUT2D eigenvalue weighted by atomic mass is 10.2. The van der Waals surface area contributed by atoms with E-state index in [4.69, 9.17) is 0 Å². The summed E-state index contributed by atoms with van der Waals surface area (Å²) >= 11 is 0. The highest BCUT2D eigenvalue weighted by Crippen LogP contribution is 2.32. The second kappa shape index (κ2) is 3.20. The van der Waals surface area contributed by atoms with Gasteiger partial charge in [-0.2, -0.15) is 0 Å². The number of rotatable bonds is 0. The lowest BCUT2D eigenvalue weighted by Gasteiger charge is -2.33. The predicted molar refractivity (Wildman–Crippen MR) is 56.3 cm³/mol. The van der Waals surface area contributed by atoms with E-state index < -0.39 is 15.7 Å². The van der Waals surface area contributed by atoms with Crippen LogP contribution in [-0.2, 0) is 9.84 Å². The zero-order valence-corrected chi connectivity index (χ0v) is 9.38. The molecule has 0 bridgehead atoms. The molecule has 0 N–H and O–H groups in total. The first-order valence-electron chi connectivity index (χ1n) is 4.67. The summed E-state index contributed by atoms with van der Waals surface area (Å²) in [7, 11) is -1.47. The van der Waals surface area contributed by atoms with E-state index >= 15 is 0 Å². The van der Waals surface area contributed by atoms with Gasteiger partial charge in [-0.3, -0.25) is 0 Å². The third-order valence-corrected chi connectivity index (χ3v) is 4.69. The summed E-state index contributed by atoms with van der Waals surface area (Å²) in [5.41, 5.74) is 0.453. The number of fused-ring (bicyclic) bond motifs is 1. The fourth-order valence-corrected chi connectivity index (χ4v) is 3.62. The van der Waals surface area contributed by atoms with Crippen molar-refractivity contribution in [3.05, 3.63) is 24.0 Å². The Bertz CT molecular complexity index is 498. The Morgan fingerprint density at radius 1 is 1.47 bits per heavy atom. The van der Waals surface area contributed by atoms with Crippen LogP contribution >= 0.6 is 0 Å². The number of hydrogen-bond donors (Lipinski definition) is 0. The molecule has 1 aliphatic heterocycles. The molecule has 0 saturated heterocycles. The van der Waals surface area contributed by atoms with Gasteiger partial charge in [-0.1, -0.05) is 0 Å². The number of benzene rings is 1. The number of hydrogen-bond acceptors (Lipinski definition) is 3. The lowest BCUT2D eigenvalue weighted by Crippen LogP contribution is -2.40. The van der Waals surface area contributed by atoms with Crippen LogP contribution < -0.4 is 4.90 Å². The molecule has 1 aromatic carbocycles. The smallest absolute Gasteiger partial charge is 0.182 e. The van der Waals surface area contributed by atoms with Crippen LogP contribution in [0.2, 0.25) is 0 Å². The molecule has 0 fully saturated rings. The largest absolute Gasteiger partial charge is 0.370 e. The summed E-state index contributed by atoms with van der Waals surface area (Å²) in [6.07, 6.45) is 0. The van der Waals surface area contributed by atoms with Crippen molar-refractivity contribution in [2.45, 2.75) is 17.9 Å². The maximum absolute atomic E-state index is 13.0. The number of halogens is 1. The van der Waals surface area contributed by atoms with Crippen molar-refractivity contribution in [1.29, 1.82) is 0 Å². The van der Waals surface area contributed by atoms with Crippen molar-refractivity contribution in [1.82, 2.24) is 0 Å². The molecule has 0 saturated carbocycles. The van der Waals surface area contributed by atoms with Crippen LogP contribution in [0.3, 0.4) is 0 Å². The molecular weight excluding hydrogens is 217 g/mol. The van der Waals surface area contributed by atoms with Gasteiger partial charge in [-0.05, 0) is 25.1 Å². The minimum atomic E-state index is -3.25. The van der Waals surface area contributed by atoms with E-state index in [1.165, 1.54) is 18.2 Å². The SMILES string of the molecule is CC1CS(=O)(=O)c2ccc(F)cc2N1C. The van der Waals surface area contributed by atoms with Crippen LogP contribution in [0.25, 0.3) is 0 Å². The van der Waals surface area contributed by atoms with Crippen molar-refractivity contribution in [3.8, 4) is 0 Å². The van der Waals surface area contributed by atoms with Crippen molar-refractivity contribution in [3.63, 3.8) is 0 Å². The standard InChI is InChI=1S/C10H12FNO2S/c1-7-6-15(13,14)10-4-3-8(11)5-9(10)12(7)2/h3-5,7H,6H2,1-2H3. The van der Waals surface area contributed by atoms with E-state index in [1.54, 1.807) is 11.9 Å². The van der Waals surface area contributed by atoms with Crippen LogP contribution in [0.15, 0.2) is 23.1 Å². The summed E-state index contributed by atoms with van der Waals surface area (Å²) in [4.78, 5) is 2.02. The maximum atomic E-state index is 13.0. The number of anilines is 1. The van der Waals surface area contributed by atoms with E-state index in [0.29, 0.717) is 5.69 Å². The molecule has 15 heavy (non-hydrogen) atoms. The molecule has 3 nitrogen and oxygen atoms in total. The van der Waals surface area contributed by atoms with Crippen molar-refractivity contribution < 1.29 is 12.8 Å². The summed E-state index contributed by atoms with van der Waals surface area (Å²) in [6, 6.07) is 3.66. The molecule has 0 aliphatic carbocycles. The number of nitrogens with zero attached hydrogens (tertiary/aromatic N) is 1. The monoisotopic (exact) mass is 229 g/mol. The molecule has 0 radical (unpaired) electrons. The third kappa shape index (κ3) is 1.61. The molecule has 1 aromatic rings. The third-order valence-electron chi connectivity index (χ3n) is 2.76. The molecule has 82 valence electrons. The highest BCUT2D eigenvalue weighted by atomic mass is 32.2. The quantitative estimate of drug-likeness (QED) is 0.632. The van der Waals surface area contributed by atoms with E-state index in [1.807, 2.05) is 6.92 Å². The Hall–Kier alpha value is -1.10. The molecule has 1 heterocycles. The Morgan fingerprint density at radius 3 is 2.80 bits per heavy atom. The Kier molecular flexibility index (Phi) is 2.22. The van der Waals surface area contributed by atoms with Gasteiger partial charge in [0.15, 0.2) is 9.84 Å². The predicted octanol–water partition coefficient (Wildman–Crippen LogP) is 1.44. The minimum Gasteiger partial charge on any atom is -0.370 e. The van der Waals surface area contributed by atoms with Crippen LogP contribution in [0, 0.1) is 5.82 Å². The van der Waals surface area contributed by atoms with Gasteiger partial charge in [0.25, 0.3) is 0 Å². The van der Waals surface area contributed by atoms with Crippen LogP contribution in [0.4, 0.5) is 10.1 Å². The van der Waals surface area contributed by atoms with Crippen molar-refractivity contribution >= 4 is 15.5 Å². The zero-order chi connectivity index (χ0) is 11.2. The highest BCUT2D eigenvalue weighted by molar-refractivity contribution is 7.91. The number of sulfone groups is 1. The van der Waals surface area contributed by atoms with Gasteiger partial charge in [0.1, 0.15) is 5.82 Å². The summed E-state index contributed by atoms with van der Waals surface area (Å²) in [5, 5.41) is 0. The summed E-state index contributed by atoms with van der Waals surface area (Å²) in [6.45, 7) is 1.81. The molecular formula is C10H12FNO2S. The first-order chi connectivity index (χ1) is 6.92. The fraction of sp³-hybridized carbons (Fsp3) is 0.400. The summed E-state index contributed by atoms with van der Waals surface area (Å²) < 4.78 is 36.6. The van der Waals surface area contributed by atoms with Gasteiger partial charge in [0.2, 0.25) is 0 Å². The second-order valence-electron chi connectivity index (χ2n) is 3.85. The molecule has 0 aromatic heterocycles. The maximum Gasteiger partial charge on any atom is 0.182 e. The first-order valence-corrected chi connectivity index (χ1v) is 6.32. The average molecular weight is 229 g/mol. The Balaban J connectivity index is 2.70.